The van der Waals surface area contributed by atoms with E-state index < -0.39 is 5.92 Å². The molecule has 6 nitrogen and oxygen atoms in total. The van der Waals surface area contributed by atoms with Gasteiger partial charge >= 0.3 is 0 Å². The van der Waals surface area contributed by atoms with Gasteiger partial charge in [0.1, 0.15) is 0 Å². The van der Waals surface area contributed by atoms with E-state index in [1.54, 1.807) is 21.6 Å². The number of anilines is 1. The number of alkyl halides is 2. The summed E-state index contributed by atoms with van der Waals surface area (Å²) in [4.78, 5) is 33.0. The molecule has 4 rings (SSSR count). The molecule has 1 N–H and O–H groups in total. The van der Waals surface area contributed by atoms with E-state index in [1.165, 1.54) is 12.1 Å². The van der Waals surface area contributed by atoms with Gasteiger partial charge in [-0.15, -0.1) is 0 Å². The van der Waals surface area contributed by atoms with Crippen LogP contribution < -0.4 is 10.9 Å². The minimum atomic E-state index is -2.90. The number of aryl methyl sites for hydroxylation is 1. The maximum atomic E-state index is 13.6. The Kier molecular flexibility index (Phi) is 7.24. The molecule has 2 aromatic carbocycles. The first-order valence-electron chi connectivity index (χ1n) is 12.3. The van der Waals surface area contributed by atoms with Crippen LogP contribution in [0.15, 0.2) is 53.3 Å². The molecule has 0 unspecified atom stereocenters. The number of fused-ring (bicyclic) bond motifs is 1. The first-order valence-corrected chi connectivity index (χ1v) is 12.3. The van der Waals surface area contributed by atoms with Crippen molar-refractivity contribution in [2.75, 3.05) is 11.9 Å². The third-order valence-corrected chi connectivity index (χ3v) is 6.61. The van der Waals surface area contributed by atoms with Gasteiger partial charge in [-0.25, -0.2) is 13.8 Å². The fourth-order valence-electron chi connectivity index (χ4n) is 4.45. The molecular weight excluding hydrogens is 462 g/mol. The van der Waals surface area contributed by atoms with E-state index in [9.17, 15) is 18.4 Å². The molecule has 1 aliphatic heterocycles. The minimum Gasteiger partial charge on any atom is -0.349 e. The number of rotatable bonds is 7. The number of amides is 1. The normalized spacial score (nSPS) is 14.3. The van der Waals surface area contributed by atoms with Crippen molar-refractivity contribution in [3.05, 3.63) is 92.4 Å². The first kappa shape index (κ1) is 25.5. The van der Waals surface area contributed by atoms with Crippen LogP contribution in [0.2, 0.25) is 0 Å². The Balaban J connectivity index is 1.59. The molecule has 0 saturated carbocycles. The van der Waals surface area contributed by atoms with Gasteiger partial charge in [-0.05, 0) is 38.0 Å². The van der Waals surface area contributed by atoms with E-state index in [0.717, 1.165) is 24.5 Å². The Hall–Kier alpha value is -3.55. The average molecular weight is 495 g/mol. The summed E-state index contributed by atoms with van der Waals surface area (Å²) in [6, 6.07) is 13.4. The highest BCUT2D eigenvalue weighted by atomic mass is 19.3. The van der Waals surface area contributed by atoms with Crippen molar-refractivity contribution in [1.82, 2.24) is 14.5 Å². The molecule has 1 amide bonds. The molecule has 1 atom stereocenters. The third-order valence-electron chi connectivity index (χ3n) is 6.61. The quantitative estimate of drug-likeness (QED) is 0.475. The molecule has 190 valence electrons. The molecule has 0 fully saturated rings. The monoisotopic (exact) mass is 494 g/mol. The number of carbonyl (C=O) groups is 1. The minimum absolute atomic E-state index is 0.0435. The van der Waals surface area contributed by atoms with Gasteiger partial charge in [0.15, 0.2) is 0 Å². The van der Waals surface area contributed by atoms with E-state index in [4.69, 9.17) is 4.98 Å². The number of halogens is 2. The Bertz CT molecular complexity index is 1300. The third kappa shape index (κ3) is 5.32. The maximum Gasteiger partial charge on any atom is 0.270 e. The second-order valence-corrected chi connectivity index (χ2v) is 9.54. The van der Waals surface area contributed by atoms with Crippen molar-refractivity contribution in [3.8, 4) is 0 Å². The van der Waals surface area contributed by atoms with E-state index in [2.05, 4.69) is 5.32 Å². The highest BCUT2D eigenvalue weighted by Crippen LogP contribution is 2.28. The van der Waals surface area contributed by atoms with Crippen LogP contribution in [0.3, 0.4) is 0 Å². The van der Waals surface area contributed by atoms with Crippen LogP contribution in [0.4, 0.5) is 14.7 Å². The summed E-state index contributed by atoms with van der Waals surface area (Å²) in [5, 5.41) is 3.31. The Morgan fingerprint density at radius 2 is 1.81 bits per heavy atom. The van der Waals surface area contributed by atoms with Crippen molar-refractivity contribution in [3.63, 3.8) is 0 Å². The van der Waals surface area contributed by atoms with Gasteiger partial charge in [-0.2, -0.15) is 0 Å². The van der Waals surface area contributed by atoms with E-state index in [1.807, 2.05) is 45.0 Å². The van der Waals surface area contributed by atoms with Crippen molar-refractivity contribution >= 4 is 11.9 Å². The second kappa shape index (κ2) is 10.2. The van der Waals surface area contributed by atoms with Crippen LogP contribution in [0.1, 0.15) is 71.5 Å². The molecule has 0 saturated heterocycles. The topological polar surface area (TPSA) is 67.2 Å². The van der Waals surface area contributed by atoms with Crippen molar-refractivity contribution in [2.24, 2.45) is 0 Å². The van der Waals surface area contributed by atoms with Crippen LogP contribution in [0.5, 0.6) is 0 Å². The Morgan fingerprint density at radius 1 is 1.14 bits per heavy atom. The van der Waals surface area contributed by atoms with Gasteiger partial charge in [0.05, 0.1) is 23.8 Å². The lowest BCUT2D eigenvalue weighted by molar-refractivity contribution is 0.0174. The lowest BCUT2D eigenvalue weighted by Crippen LogP contribution is -2.41. The number of hydrogen-bond donors (Lipinski definition) is 1. The summed E-state index contributed by atoms with van der Waals surface area (Å²) in [6.45, 7) is 7.91. The van der Waals surface area contributed by atoms with E-state index in [0.29, 0.717) is 42.3 Å². The molecule has 2 heterocycles. The maximum absolute atomic E-state index is 13.6. The van der Waals surface area contributed by atoms with E-state index >= 15 is 0 Å². The fourth-order valence-corrected chi connectivity index (χ4v) is 4.45. The number of benzene rings is 2. The number of carbonyl (C=O) groups excluding carboxylic acids is 1. The summed E-state index contributed by atoms with van der Waals surface area (Å²) in [5.74, 6) is -2.54. The Labute approximate surface area is 210 Å². The SMILES string of the molecule is CCCn1c(N[C@@H](C)c2ccc(C(C)(F)F)cc2)nc2c(c1=O)CN(C(=O)c1ccc(C)cc1)CC2. The van der Waals surface area contributed by atoms with Gasteiger partial charge in [0.2, 0.25) is 5.95 Å². The van der Waals surface area contributed by atoms with Crippen molar-refractivity contribution < 1.29 is 13.6 Å². The standard InChI is InChI=1S/C28H32F2N4O2/c1-5-15-34-26(36)23-17-33(25(35)21-8-6-18(2)7-9-21)16-14-24(23)32-27(34)31-19(3)20-10-12-22(13-11-20)28(4,29)30/h6-13,19H,5,14-17H2,1-4H3,(H,31,32)/t19-/m0/s1. The van der Waals surface area contributed by atoms with Gasteiger partial charge in [0.25, 0.3) is 17.4 Å². The van der Waals surface area contributed by atoms with E-state index in [-0.39, 0.29) is 29.6 Å². The summed E-state index contributed by atoms with van der Waals surface area (Å²) in [6.07, 6.45) is 1.22. The van der Waals surface area contributed by atoms with Gasteiger partial charge < -0.3 is 10.2 Å². The molecule has 0 aliphatic carbocycles. The smallest absolute Gasteiger partial charge is 0.270 e. The summed E-state index contributed by atoms with van der Waals surface area (Å²) in [5.41, 5.74) is 3.53. The molecule has 36 heavy (non-hydrogen) atoms. The van der Waals surface area contributed by atoms with Crippen LogP contribution in [-0.2, 0) is 25.4 Å². The number of nitrogens with one attached hydrogen (secondary N) is 1. The van der Waals surface area contributed by atoms with Gasteiger partial charge in [-0.3, -0.25) is 14.2 Å². The number of hydrogen-bond acceptors (Lipinski definition) is 4. The predicted molar refractivity (Wildman–Crippen MR) is 136 cm³/mol. The summed E-state index contributed by atoms with van der Waals surface area (Å²) >= 11 is 0. The second-order valence-electron chi connectivity index (χ2n) is 9.54. The van der Waals surface area contributed by atoms with Crippen molar-refractivity contribution in [1.29, 1.82) is 0 Å². The highest BCUT2D eigenvalue weighted by Gasteiger charge is 2.28. The van der Waals surface area contributed by atoms with Crippen molar-refractivity contribution in [2.45, 2.75) is 65.6 Å². The van der Waals surface area contributed by atoms with Crippen LogP contribution >= 0.6 is 0 Å². The molecule has 1 aromatic heterocycles. The molecule has 8 heteroatoms. The Morgan fingerprint density at radius 3 is 2.42 bits per heavy atom. The predicted octanol–water partition coefficient (Wildman–Crippen LogP) is 5.45. The number of aromatic nitrogens is 2. The van der Waals surface area contributed by atoms with Gasteiger partial charge in [-0.1, -0.05) is 48.9 Å². The molecule has 0 bridgehead atoms. The highest BCUT2D eigenvalue weighted by molar-refractivity contribution is 5.94. The zero-order valence-corrected chi connectivity index (χ0v) is 21.1. The van der Waals surface area contributed by atoms with Gasteiger partial charge in [0, 0.05) is 37.6 Å². The zero-order valence-electron chi connectivity index (χ0n) is 21.1. The summed E-state index contributed by atoms with van der Waals surface area (Å²) in [7, 11) is 0. The van der Waals surface area contributed by atoms with Crippen LogP contribution in [-0.4, -0.2) is 26.9 Å². The zero-order chi connectivity index (χ0) is 26.0. The summed E-state index contributed by atoms with van der Waals surface area (Å²) < 4.78 is 28.8. The van der Waals surface area contributed by atoms with Crippen LogP contribution in [0, 0.1) is 6.92 Å². The fraction of sp³-hybridized carbons (Fsp3) is 0.393. The average Bonchev–Trinajstić information content (AvgIpc) is 2.86. The lowest BCUT2D eigenvalue weighted by atomic mass is 10.0. The number of nitrogens with zero attached hydrogens (tertiary/aromatic N) is 3. The van der Waals surface area contributed by atoms with Crippen LogP contribution in [0.25, 0.3) is 0 Å². The first-order chi connectivity index (χ1) is 17.1. The molecule has 1 aliphatic rings. The lowest BCUT2D eigenvalue weighted by Gasteiger charge is -2.29. The molecule has 0 spiro atoms. The largest absolute Gasteiger partial charge is 0.349 e. The molecule has 3 aromatic rings. The molecular formula is C28H32F2N4O2. The molecule has 0 radical (unpaired) electrons.